The van der Waals surface area contributed by atoms with Gasteiger partial charge in [0.15, 0.2) is 25.2 Å². The van der Waals surface area contributed by atoms with Crippen molar-refractivity contribution in [3.05, 3.63) is 0 Å². The lowest BCUT2D eigenvalue weighted by atomic mass is 9.97. The maximum absolute atomic E-state index is 10.8. The first-order chi connectivity index (χ1) is 21.7. The molecule has 0 amide bonds. The third-order valence-corrected chi connectivity index (χ3v) is 7.95. The van der Waals surface area contributed by atoms with Crippen molar-refractivity contribution in [2.24, 2.45) is 0 Å². The van der Waals surface area contributed by atoms with Crippen molar-refractivity contribution in [2.75, 3.05) is 33.0 Å². The van der Waals surface area contributed by atoms with Gasteiger partial charge in [-0.15, -0.1) is 0 Å². The number of hydrogen-bond acceptors (Lipinski definition) is 21. The molecule has 0 aromatic rings. The molecule has 0 aromatic carbocycles. The summed E-state index contributed by atoms with van der Waals surface area (Å²) in [5, 5.41) is 141. The predicted molar refractivity (Wildman–Crippen MR) is 141 cm³/mol. The molecule has 0 spiro atoms. The van der Waals surface area contributed by atoms with Crippen LogP contribution in [0.5, 0.6) is 0 Å². The van der Waals surface area contributed by atoms with E-state index in [1.54, 1.807) is 0 Å². The maximum Gasteiger partial charge on any atom is 0.187 e. The van der Waals surface area contributed by atoms with Gasteiger partial charge in [-0.3, -0.25) is 0 Å². The molecule has 19 atom stereocenters. The number of aliphatic hydroxyl groups excluding tert-OH is 14. The smallest absolute Gasteiger partial charge is 0.187 e. The molecule has 3 aliphatic rings. The van der Waals surface area contributed by atoms with Crippen LogP contribution in [0.3, 0.4) is 0 Å². The summed E-state index contributed by atoms with van der Waals surface area (Å²) in [5.41, 5.74) is 0. The van der Waals surface area contributed by atoms with E-state index in [0.29, 0.717) is 0 Å². The van der Waals surface area contributed by atoms with Crippen LogP contribution in [0.15, 0.2) is 0 Å². The van der Waals surface area contributed by atoms with Gasteiger partial charge in [-0.1, -0.05) is 0 Å². The highest BCUT2D eigenvalue weighted by atomic mass is 16.8. The standard InChI is InChI=1S/C25H46O21/c1-7(9(3-27)42-23(8(31)2-26)45-20-11(5-29)41-22(39)17(36)15(20)34)40-24-19(38)16(35)21(12(6-30)44-24)46-25-18(37)14(33)13(32)10(4-28)43-25/h7-39H,2-6H2,1H3/t7-,8-,9?,10?,11-,12-,13+,14?,15?,16?,17?,18-,19?,20+,21+,22+,23-,24+,25-/m0/s1. The van der Waals surface area contributed by atoms with Crippen LogP contribution in [-0.2, 0) is 33.2 Å². The molecule has 0 bridgehead atoms. The summed E-state index contributed by atoms with van der Waals surface area (Å²) < 4.78 is 38.0. The van der Waals surface area contributed by atoms with Gasteiger partial charge in [-0.25, -0.2) is 0 Å². The van der Waals surface area contributed by atoms with Crippen molar-refractivity contribution in [2.45, 2.75) is 124 Å². The summed E-state index contributed by atoms with van der Waals surface area (Å²) in [4.78, 5) is 0. The molecule has 272 valence electrons. The number of rotatable bonds is 15. The van der Waals surface area contributed by atoms with Gasteiger partial charge in [0.25, 0.3) is 0 Å². The molecular weight excluding hydrogens is 636 g/mol. The number of aliphatic hydroxyl groups is 14. The highest BCUT2D eigenvalue weighted by Gasteiger charge is 2.52. The molecule has 46 heavy (non-hydrogen) atoms. The molecule has 3 saturated heterocycles. The van der Waals surface area contributed by atoms with Crippen LogP contribution in [0, 0.1) is 0 Å². The Labute approximate surface area is 261 Å². The van der Waals surface area contributed by atoms with Crippen LogP contribution in [0.4, 0.5) is 0 Å². The van der Waals surface area contributed by atoms with E-state index in [9.17, 15) is 71.5 Å². The fourth-order valence-electron chi connectivity index (χ4n) is 5.13. The Morgan fingerprint density at radius 1 is 0.565 bits per heavy atom. The van der Waals surface area contributed by atoms with Crippen molar-refractivity contribution >= 4 is 0 Å². The van der Waals surface area contributed by atoms with E-state index in [4.69, 9.17) is 33.2 Å². The Balaban J connectivity index is 1.69. The lowest BCUT2D eigenvalue weighted by Crippen LogP contribution is -2.65. The van der Waals surface area contributed by atoms with Crippen molar-refractivity contribution in [3.63, 3.8) is 0 Å². The molecule has 0 aromatic heterocycles. The molecule has 3 aliphatic heterocycles. The lowest BCUT2D eigenvalue weighted by molar-refractivity contribution is -0.368. The lowest BCUT2D eigenvalue weighted by Gasteiger charge is -2.46. The van der Waals surface area contributed by atoms with E-state index in [1.807, 2.05) is 0 Å². The summed E-state index contributed by atoms with van der Waals surface area (Å²) in [5.74, 6) is 0. The zero-order valence-corrected chi connectivity index (χ0v) is 24.6. The van der Waals surface area contributed by atoms with Crippen LogP contribution in [0.1, 0.15) is 6.92 Å². The van der Waals surface area contributed by atoms with Gasteiger partial charge in [0.05, 0.1) is 39.1 Å². The highest BCUT2D eigenvalue weighted by Crippen LogP contribution is 2.31. The largest absolute Gasteiger partial charge is 0.394 e. The van der Waals surface area contributed by atoms with Gasteiger partial charge in [-0.05, 0) is 6.92 Å². The molecule has 0 aliphatic carbocycles. The fraction of sp³-hybridized carbons (Fsp3) is 1.00. The molecule has 7 unspecified atom stereocenters. The first kappa shape index (κ1) is 39.6. The molecule has 3 rings (SSSR count). The minimum absolute atomic E-state index is 0.772. The molecule has 3 heterocycles. The molecule has 3 fully saturated rings. The fourth-order valence-corrected chi connectivity index (χ4v) is 5.13. The predicted octanol–water partition coefficient (Wildman–Crippen LogP) is -9.11. The second-order valence-electron chi connectivity index (χ2n) is 11.2. The summed E-state index contributed by atoms with van der Waals surface area (Å²) in [7, 11) is 0. The van der Waals surface area contributed by atoms with Crippen molar-refractivity contribution < 1.29 is 105 Å². The highest BCUT2D eigenvalue weighted by molar-refractivity contribution is 4.95. The number of ether oxygens (including phenoxy) is 7. The Hall–Kier alpha value is -0.840. The van der Waals surface area contributed by atoms with Gasteiger partial charge < -0.3 is 105 Å². The average Bonchev–Trinajstić information content (AvgIpc) is 3.05. The Kier molecular flexibility index (Phi) is 15.2. The molecule has 0 saturated carbocycles. The van der Waals surface area contributed by atoms with Crippen LogP contribution in [-0.4, -0.2) is 221 Å². The molecule has 14 N–H and O–H groups in total. The SMILES string of the molecule is C[C@H](O[C@@H]1O[C@@H](CO)[C@@H](O[C@@H]2OC(CO)[C@@H](O)C(O)[C@@H]2O)C(O)C1O)C(CO)O[C@@H](O[C@H]1C(O)C(O)[C@H](O)O[C@H]1CO)[C@@H](O)CO. The van der Waals surface area contributed by atoms with E-state index in [1.165, 1.54) is 6.92 Å². The van der Waals surface area contributed by atoms with Crippen molar-refractivity contribution in [1.82, 2.24) is 0 Å². The van der Waals surface area contributed by atoms with E-state index < -0.39 is 150 Å². The molecular formula is C25H46O21. The quantitative estimate of drug-likeness (QED) is 0.0713. The zero-order chi connectivity index (χ0) is 34.5. The first-order valence-electron chi connectivity index (χ1n) is 14.5. The van der Waals surface area contributed by atoms with E-state index in [0.717, 1.165) is 0 Å². The Morgan fingerprint density at radius 3 is 1.67 bits per heavy atom. The van der Waals surface area contributed by atoms with Gasteiger partial charge >= 0.3 is 0 Å². The summed E-state index contributed by atoms with van der Waals surface area (Å²) >= 11 is 0. The third-order valence-electron chi connectivity index (χ3n) is 7.95. The topological polar surface area (TPSA) is 348 Å². The average molecular weight is 683 g/mol. The van der Waals surface area contributed by atoms with Crippen molar-refractivity contribution in [3.8, 4) is 0 Å². The third kappa shape index (κ3) is 8.84. The van der Waals surface area contributed by atoms with E-state index in [2.05, 4.69) is 0 Å². The summed E-state index contributed by atoms with van der Waals surface area (Å²) in [6, 6.07) is 0. The van der Waals surface area contributed by atoms with Crippen molar-refractivity contribution in [1.29, 1.82) is 0 Å². The minimum atomic E-state index is -1.93. The van der Waals surface area contributed by atoms with E-state index in [-0.39, 0.29) is 0 Å². The van der Waals surface area contributed by atoms with Crippen LogP contribution >= 0.6 is 0 Å². The molecule has 0 radical (unpaired) electrons. The zero-order valence-electron chi connectivity index (χ0n) is 24.6. The van der Waals surface area contributed by atoms with Gasteiger partial charge in [0, 0.05) is 0 Å². The Morgan fingerprint density at radius 2 is 1.11 bits per heavy atom. The normalized spacial score (nSPS) is 44.8. The van der Waals surface area contributed by atoms with Crippen LogP contribution in [0.25, 0.3) is 0 Å². The van der Waals surface area contributed by atoms with Crippen LogP contribution < -0.4 is 0 Å². The van der Waals surface area contributed by atoms with Gasteiger partial charge in [0.1, 0.15) is 85.5 Å². The number of hydrogen-bond donors (Lipinski definition) is 14. The molecule has 21 nitrogen and oxygen atoms in total. The summed E-state index contributed by atoms with van der Waals surface area (Å²) in [6.07, 6.45) is -32.3. The van der Waals surface area contributed by atoms with E-state index >= 15 is 0 Å². The maximum atomic E-state index is 10.8. The Bertz CT molecular complexity index is 883. The first-order valence-corrected chi connectivity index (χ1v) is 14.5. The monoisotopic (exact) mass is 682 g/mol. The second-order valence-corrected chi connectivity index (χ2v) is 11.2. The van der Waals surface area contributed by atoms with Crippen LogP contribution in [0.2, 0.25) is 0 Å². The molecule has 21 heteroatoms. The van der Waals surface area contributed by atoms with Gasteiger partial charge in [0.2, 0.25) is 0 Å². The second kappa shape index (κ2) is 17.7. The van der Waals surface area contributed by atoms with Gasteiger partial charge in [-0.2, -0.15) is 0 Å². The minimum Gasteiger partial charge on any atom is -0.394 e. The summed E-state index contributed by atoms with van der Waals surface area (Å²) in [6.45, 7) is -2.97.